The molecule has 2 amide bonds. The van der Waals surface area contributed by atoms with E-state index in [1.807, 2.05) is 48.5 Å². The van der Waals surface area contributed by atoms with Crippen molar-refractivity contribution in [2.24, 2.45) is 5.73 Å². The number of anilines is 1. The summed E-state index contributed by atoms with van der Waals surface area (Å²) in [6, 6.07) is 17.3. The molecule has 2 aromatic rings. The molecule has 0 aromatic heterocycles. The summed E-state index contributed by atoms with van der Waals surface area (Å²) < 4.78 is 5.63. The van der Waals surface area contributed by atoms with Crippen LogP contribution in [0.25, 0.3) is 0 Å². The molecular weight excluding hydrogens is 378 g/mol. The van der Waals surface area contributed by atoms with Crippen molar-refractivity contribution >= 4 is 29.9 Å². The normalized spacial score (nSPS) is 15.3. The minimum absolute atomic E-state index is 0. The van der Waals surface area contributed by atoms with Crippen LogP contribution in [-0.2, 0) is 16.0 Å². The number of hydrogen-bond donors (Lipinski definition) is 1. The fraction of sp³-hybridized carbons (Fsp3) is 0.333. The Bertz CT molecular complexity index is 800. The van der Waals surface area contributed by atoms with Gasteiger partial charge in [-0.3, -0.25) is 14.5 Å². The average Bonchev–Trinajstić information content (AvgIpc) is 2.69. The highest BCUT2D eigenvalue weighted by atomic mass is 35.5. The molecule has 7 heteroatoms. The number of halogens is 1. The Kier molecular flexibility index (Phi) is 7.84. The van der Waals surface area contributed by atoms with Gasteiger partial charge in [-0.25, -0.2) is 0 Å². The molecule has 0 radical (unpaired) electrons. The Balaban J connectivity index is 0.00000280. The van der Waals surface area contributed by atoms with Crippen LogP contribution in [0.3, 0.4) is 0 Å². The first kappa shape index (κ1) is 21.7. The number of nitrogens with zero attached hydrogens (tertiary/aromatic N) is 2. The molecule has 150 valence electrons. The van der Waals surface area contributed by atoms with Crippen molar-refractivity contribution in [1.29, 1.82) is 0 Å². The first-order chi connectivity index (χ1) is 13.1. The molecule has 0 saturated heterocycles. The molecule has 3 rings (SSSR count). The van der Waals surface area contributed by atoms with E-state index < -0.39 is 6.10 Å². The van der Waals surface area contributed by atoms with Gasteiger partial charge in [0.2, 0.25) is 5.91 Å². The van der Waals surface area contributed by atoms with Crippen molar-refractivity contribution in [3.8, 4) is 5.75 Å². The fourth-order valence-corrected chi connectivity index (χ4v) is 3.18. The molecule has 28 heavy (non-hydrogen) atoms. The van der Waals surface area contributed by atoms with Gasteiger partial charge in [0.1, 0.15) is 12.3 Å². The van der Waals surface area contributed by atoms with Crippen molar-refractivity contribution in [2.45, 2.75) is 19.4 Å². The smallest absolute Gasteiger partial charge is 0.268 e. The summed E-state index contributed by atoms with van der Waals surface area (Å²) in [7, 11) is 0. The Hall–Kier alpha value is -2.57. The van der Waals surface area contributed by atoms with Crippen LogP contribution >= 0.6 is 12.4 Å². The van der Waals surface area contributed by atoms with Gasteiger partial charge in [-0.1, -0.05) is 42.5 Å². The third kappa shape index (κ3) is 5.03. The first-order valence-corrected chi connectivity index (χ1v) is 9.19. The van der Waals surface area contributed by atoms with E-state index in [0.717, 1.165) is 12.0 Å². The molecule has 6 nitrogen and oxygen atoms in total. The Morgan fingerprint density at radius 2 is 1.79 bits per heavy atom. The van der Waals surface area contributed by atoms with E-state index in [1.54, 1.807) is 17.9 Å². The molecule has 0 bridgehead atoms. The number of ether oxygens (including phenoxy) is 1. The summed E-state index contributed by atoms with van der Waals surface area (Å²) in [6.45, 7) is 3.09. The van der Waals surface area contributed by atoms with Gasteiger partial charge in [0.25, 0.3) is 5.91 Å². The molecule has 2 N–H and O–H groups in total. The van der Waals surface area contributed by atoms with Crippen molar-refractivity contribution in [3.05, 3.63) is 60.2 Å². The zero-order chi connectivity index (χ0) is 19.2. The molecule has 0 aliphatic carbocycles. The van der Waals surface area contributed by atoms with Crippen LogP contribution in [0.5, 0.6) is 5.75 Å². The lowest BCUT2D eigenvalue weighted by molar-refractivity contribution is -0.133. The monoisotopic (exact) mass is 403 g/mol. The highest BCUT2D eigenvalue weighted by molar-refractivity contribution is 6.03. The number of carbonyl (C=O) groups excluding carboxylic acids is 2. The van der Waals surface area contributed by atoms with E-state index in [2.05, 4.69) is 0 Å². The van der Waals surface area contributed by atoms with Crippen molar-refractivity contribution in [1.82, 2.24) is 4.90 Å². The van der Waals surface area contributed by atoms with Crippen LogP contribution < -0.4 is 15.4 Å². The number of carbonyl (C=O) groups is 2. The van der Waals surface area contributed by atoms with Gasteiger partial charge >= 0.3 is 0 Å². The van der Waals surface area contributed by atoms with Crippen LogP contribution in [0.2, 0.25) is 0 Å². The molecule has 1 aliphatic heterocycles. The Morgan fingerprint density at radius 1 is 1.11 bits per heavy atom. The van der Waals surface area contributed by atoms with E-state index in [9.17, 15) is 9.59 Å². The van der Waals surface area contributed by atoms with Crippen molar-refractivity contribution in [3.63, 3.8) is 0 Å². The van der Waals surface area contributed by atoms with E-state index in [1.165, 1.54) is 4.90 Å². The molecular formula is C21H26ClN3O3. The molecule has 0 spiro atoms. The van der Waals surface area contributed by atoms with E-state index in [-0.39, 0.29) is 30.8 Å². The quantitative estimate of drug-likeness (QED) is 0.769. The highest BCUT2D eigenvalue weighted by Gasteiger charge is 2.33. The number of nitrogens with two attached hydrogens (primary N) is 1. The van der Waals surface area contributed by atoms with Crippen LogP contribution in [0.15, 0.2) is 54.6 Å². The van der Waals surface area contributed by atoms with Crippen molar-refractivity contribution in [2.75, 3.05) is 31.1 Å². The maximum absolute atomic E-state index is 12.9. The first-order valence-electron chi connectivity index (χ1n) is 9.19. The molecule has 0 saturated carbocycles. The third-order valence-corrected chi connectivity index (χ3v) is 4.63. The Morgan fingerprint density at radius 3 is 2.50 bits per heavy atom. The van der Waals surface area contributed by atoms with E-state index in [0.29, 0.717) is 31.1 Å². The molecule has 1 heterocycles. The lowest BCUT2D eigenvalue weighted by Crippen LogP contribution is -2.50. The van der Waals surface area contributed by atoms with Gasteiger partial charge in [0.05, 0.1) is 5.69 Å². The zero-order valence-corrected chi connectivity index (χ0v) is 16.7. The van der Waals surface area contributed by atoms with Gasteiger partial charge < -0.3 is 15.4 Å². The standard InChI is InChI=1S/C21H25N3O3.ClH/c1-16-21(26)24(18-9-5-6-10-19(18)27-16)15-20(25)23(14-12-22)13-11-17-7-3-2-4-8-17;/h2-10,16H,11-15,22H2,1H3;1H. The number of benzene rings is 2. The van der Waals surface area contributed by atoms with E-state index in [4.69, 9.17) is 10.5 Å². The number of rotatable bonds is 7. The van der Waals surface area contributed by atoms with E-state index >= 15 is 0 Å². The van der Waals surface area contributed by atoms with Crippen LogP contribution in [0.4, 0.5) is 5.69 Å². The maximum Gasteiger partial charge on any atom is 0.268 e. The van der Waals surface area contributed by atoms with Gasteiger partial charge in [-0.05, 0) is 31.0 Å². The largest absolute Gasteiger partial charge is 0.479 e. The minimum atomic E-state index is -0.611. The number of hydrogen-bond acceptors (Lipinski definition) is 4. The van der Waals surface area contributed by atoms with Gasteiger partial charge in [0, 0.05) is 19.6 Å². The fourth-order valence-electron chi connectivity index (χ4n) is 3.18. The zero-order valence-electron chi connectivity index (χ0n) is 15.9. The second kappa shape index (κ2) is 10.1. The molecule has 2 aromatic carbocycles. The topological polar surface area (TPSA) is 75.9 Å². The summed E-state index contributed by atoms with van der Waals surface area (Å²) in [4.78, 5) is 28.7. The lowest BCUT2D eigenvalue weighted by Gasteiger charge is -2.34. The number of para-hydroxylation sites is 2. The van der Waals surface area contributed by atoms with Crippen LogP contribution in [-0.4, -0.2) is 49.0 Å². The molecule has 1 atom stereocenters. The summed E-state index contributed by atoms with van der Waals surface area (Å²) >= 11 is 0. The maximum atomic E-state index is 12.9. The van der Waals surface area contributed by atoms with Gasteiger partial charge in [-0.2, -0.15) is 0 Å². The highest BCUT2D eigenvalue weighted by Crippen LogP contribution is 2.33. The summed E-state index contributed by atoms with van der Waals surface area (Å²) in [5, 5.41) is 0. The predicted molar refractivity (Wildman–Crippen MR) is 112 cm³/mol. The summed E-state index contributed by atoms with van der Waals surface area (Å²) in [6.07, 6.45) is 0.136. The second-order valence-electron chi connectivity index (χ2n) is 6.56. The van der Waals surface area contributed by atoms with Crippen LogP contribution in [0.1, 0.15) is 12.5 Å². The number of amides is 2. The Labute approximate surface area is 171 Å². The minimum Gasteiger partial charge on any atom is -0.479 e. The SMILES string of the molecule is CC1Oc2ccccc2N(CC(=O)N(CCN)CCc2ccccc2)C1=O.Cl. The predicted octanol–water partition coefficient (Wildman–Crippen LogP) is 2.25. The van der Waals surface area contributed by atoms with Gasteiger partial charge in [-0.15, -0.1) is 12.4 Å². The average molecular weight is 404 g/mol. The second-order valence-corrected chi connectivity index (χ2v) is 6.56. The third-order valence-electron chi connectivity index (χ3n) is 4.63. The number of fused-ring (bicyclic) bond motifs is 1. The molecule has 0 fully saturated rings. The van der Waals surface area contributed by atoms with Gasteiger partial charge in [0.15, 0.2) is 6.10 Å². The molecule has 1 unspecified atom stereocenters. The van der Waals surface area contributed by atoms with Crippen molar-refractivity contribution < 1.29 is 14.3 Å². The lowest BCUT2D eigenvalue weighted by atomic mass is 10.1. The summed E-state index contributed by atoms with van der Waals surface area (Å²) in [5.41, 5.74) is 7.49. The van der Waals surface area contributed by atoms with Crippen LogP contribution in [0, 0.1) is 0 Å². The summed E-state index contributed by atoms with van der Waals surface area (Å²) in [5.74, 6) is 0.290. The molecule has 1 aliphatic rings.